The first-order chi connectivity index (χ1) is 18.7. The molecule has 39 heavy (non-hydrogen) atoms. The number of likely N-dealkylation sites (tertiary alicyclic amines) is 1. The largest absolute Gasteiger partial charge is 0.493 e. The van der Waals surface area contributed by atoms with Gasteiger partial charge in [0.1, 0.15) is 23.0 Å². The summed E-state index contributed by atoms with van der Waals surface area (Å²) in [4.78, 5) is 32.0. The van der Waals surface area contributed by atoms with Gasteiger partial charge in [0.15, 0.2) is 11.5 Å². The molecule has 0 radical (unpaired) electrons. The minimum absolute atomic E-state index is 0.0746. The molecule has 1 saturated heterocycles. The van der Waals surface area contributed by atoms with Crippen LogP contribution in [0.5, 0.6) is 11.5 Å². The molecular formula is C29H28F3N3O4. The Kier molecular flexibility index (Phi) is 7.20. The third-order valence-electron chi connectivity index (χ3n) is 7.62. The van der Waals surface area contributed by atoms with Crippen molar-refractivity contribution in [3.63, 3.8) is 0 Å². The molecule has 1 aliphatic heterocycles. The SMILES string of the molecule is COc1ccc(F)c(C(=O)N2CC3(CCC(NC(=O)c4cccnc4-c4cc(F)cc(F)c4)CC3)C2)c1OC. The van der Waals surface area contributed by atoms with Crippen LogP contribution in [0, 0.1) is 22.9 Å². The number of ether oxygens (including phenoxy) is 2. The van der Waals surface area contributed by atoms with Crippen LogP contribution in [-0.2, 0) is 0 Å². The highest BCUT2D eigenvalue weighted by Gasteiger charge is 2.48. The normalized spacial score (nSPS) is 16.5. The summed E-state index contributed by atoms with van der Waals surface area (Å²) >= 11 is 0. The maximum Gasteiger partial charge on any atom is 0.260 e. The Bertz CT molecular complexity index is 1390. The second kappa shape index (κ2) is 10.6. The number of carbonyl (C=O) groups excluding carboxylic acids is 2. The third-order valence-corrected chi connectivity index (χ3v) is 7.62. The number of carbonyl (C=O) groups is 2. The number of hydrogen-bond acceptors (Lipinski definition) is 5. The molecule has 3 aromatic rings. The highest BCUT2D eigenvalue weighted by atomic mass is 19.1. The average molecular weight is 540 g/mol. The summed E-state index contributed by atoms with van der Waals surface area (Å²) in [6, 6.07) is 8.74. The molecule has 1 aromatic heterocycles. The lowest BCUT2D eigenvalue weighted by Gasteiger charge is -2.53. The summed E-state index contributed by atoms with van der Waals surface area (Å²) in [5.41, 5.74) is 0.395. The Morgan fingerprint density at radius 3 is 2.33 bits per heavy atom. The van der Waals surface area contributed by atoms with Crippen molar-refractivity contribution >= 4 is 11.8 Å². The van der Waals surface area contributed by atoms with Crippen LogP contribution in [-0.4, -0.2) is 55.0 Å². The van der Waals surface area contributed by atoms with Crippen LogP contribution in [0.4, 0.5) is 13.2 Å². The van der Waals surface area contributed by atoms with Gasteiger partial charge in [-0.1, -0.05) is 0 Å². The number of nitrogens with one attached hydrogen (secondary N) is 1. The highest BCUT2D eigenvalue weighted by molar-refractivity contribution is 6.00. The van der Waals surface area contributed by atoms with E-state index in [4.69, 9.17) is 9.47 Å². The summed E-state index contributed by atoms with van der Waals surface area (Å²) in [6.45, 7) is 0.981. The number of methoxy groups -OCH3 is 2. The van der Waals surface area contributed by atoms with Gasteiger partial charge < -0.3 is 19.7 Å². The molecule has 10 heteroatoms. The molecular weight excluding hydrogens is 511 g/mol. The predicted octanol–water partition coefficient (Wildman–Crippen LogP) is 5.00. The Balaban J connectivity index is 1.21. The fraction of sp³-hybridized carbons (Fsp3) is 0.345. The van der Waals surface area contributed by atoms with Crippen LogP contribution in [0.2, 0.25) is 0 Å². The number of halogens is 3. The Morgan fingerprint density at radius 2 is 1.69 bits per heavy atom. The minimum atomic E-state index is -0.750. The number of aromatic nitrogens is 1. The molecule has 0 atom stereocenters. The lowest BCUT2D eigenvalue weighted by molar-refractivity contribution is -0.0202. The van der Waals surface area contributed by atoms with E-state index < -0.39 is 23.4 Å². The molecule has 7 nitrogen and oxygen atoms in total. The van der Waals surface area contributed by atoms with Crippen LogP contribution in [0.25, 0.3) is 11.3 Å². The van der Waals surface area contributed by atoms with Crippen LogP contribution in [0.15, 0.2) is 48.7 Å². The standard InChI is InChI=1S/C29H28F3N3O4/c1-38-23-6-5-22(32)24(26(23)39-2)28(37)35-15-29(16-35)9-7-20(8-10-29)34-27(36)21-4-3-11-33-25(21)17-12-18(30)14-19(31)13-17/h3-6,11-14,20H,7-10,15-16H2,1-2H3,(H,34,36). The Labute approximate surface area is 223 Å². The van der Waals surface area contributed by atoms with E-state index in [1.165, 1.54) is 32.5 Å². The van der Waals surface area contributed by atoms with Crippen molar-refractivity contribution < 1.29 is 32.2 Å². The number of amides is 2. The van der Waals surface area contributed by atoms with Gasteiger partial charge in [-0.25, -0.2) is 13.2 Å². The molecule has 2 aromatic carbocycles. The summed E-state index contributed by atoms with van der Waals surface area (Å²) in [7, 11) is 2.79. The Morgan fingerprint density at radius 1 is 1.00 bits per heavy atom. The first-order valence-corrected chi connectivity index (χ1v) is 12.7. The van der Waals surface area contributed by atoms with Crippen molar-refractivity contribution in [3.8, 4) is 22.8 Å². The van der Waals surface area contributed by atoms with E-state index in [1.807, 2.05) is 0 Å². The lowest BCUT2D eigenvalue weighted by Crippen LogP contribution is -2.60. The third kappa shape index (κ3) is 5.15. The minimum Gasteiger partial charge on any atom is -0.493 e. The number of benzene rings is 2. The summed E-state index contributed by atoms with van der Waals surface area (Å²) in [6.07, 6.45) is 4.45. The van der Waals surface area contributed by atoms with Crippen LogP contribution in [0.1, 0.15) is 46.4 Å². The second-order valence-corrected chi connectivity index (χ2v) is 10.1. The molecule has 2 amide bonds. The smallest absolute Gasteiger partial charge is 0.260 e. The van der Waals surface area contributed by atoms with Gasteiger partial charge >= 0.3 is 0 Å². The quantitative estimate of drug-likeness (QED) is 0.477. The molecule has 204 valence electrons. The van der Waals surface area contributed by atoms with Gasteiger partial charge in [0, 0.05) is 42.4 Å². The van der Waals surface area contributed by atoms with E-state index >= 15 is 0 Å². The first-order valence-electron chi connectivity index (χ1n) is 12.7. The molecule has 1 aliphatic carbocycles. The van der Waals surface area contributed by atoms with Crippen molar-refractivity contribution in [2.45, 2.75) is 31.7 Å². The molecule has 2 heterocycles. The molecule has 1 N–H and O–H groups in total. The van der Waals surface area contributed by atoms with E-state index in [-0.39, 0.29) is 51.2 Å². The van der Waals surface area contributed by atoms with Gasteiger partial charge in [0.25, 0.3) is 11.8 Å². The number of rotatable bonds is 6. The van der Waals surface area contributed by atoms with Gasteiger partial charge in [0.2, 0.25) is 0 Å². The zero-order valence-electron chi connectivity index (χ0n) is 21.6. The van der Waals surface area contributed by atoms with E-state index in [0.29, 0.717) is 25.9 Å². The molecule has 0 bridgehead atoms. The molecule has 0 unspecified atom stereocenters. The van der Waals surface area contributed by atoms with Crippen molar-refractivity contribution in [2.75, 3.05) is 27.3 Å². The van der Waals surface area contributed by atoms with Gasteiger partial charge in [-0.05, 0) is 62.1 Å². The average Bonchev–Trinajstić information content (AvgIpc) is 2.91. The number of hydrogen-bond donors (Lipinski definition) is 1. The van der Waals surface area contributed by atoms with Crippen molar-refractivity contribution in [1.82, 2.24) is 15.2 Å². The van der Waals surface area contributed by atoms with Crippen molar-refractivity contribution in [1.29, 1.82) is 0 Å². The van der Waals surface area contributed by atoms with Gasteiger partial charge in [0.05, 0.1) is 25.5 Å². The molecule has 2 fully saturated rings. The van der Waals surface area contributed by atoms with E-state index in [1.54, 1.807) is 17.0 Å². The fourth-order valence-electron chi connectivity index (χ4n) is 5.63. The zero-order valence-corrected chi connectivity index (χ0v) is 21.6. The van der Waals surface area contributed by atoms with Gasteiger partial charge in [-0.3, -0.25) is 14.6 Å². The number of pyridine rings is 1. The van der Waals surface area contributed by atoms with E-state index in [0.717, 1.165) is 31.0 Å². The maximum atomic E-state index is 14.6. The number of nitrogens with zero attached hydrogens (tertiary/aromatic N) is 2. The van der Waals surface area contributed by atoms with Gasteiger partial charge in [-0.2, -0.15) is 0 Å². The molecule has 1 saturated carbocycles. The molecule has 1 spiro atoms. The van der Waals surface area contributed by atoms with Gasteiger partial charge in [-0.15, -0.1) is 0 Å². The highest BCUT2D eigenvalue weighted by Crippen LogP contribution is 2.45. The monoisotopic (exact) mass is 539 g/mol. The zero-order chi connectivity index (χ0) is 27.7. The predicted molar refractivity (Wildman–Crippen MR) is 137 cm³/mol. The fourth-order valence-corrected chi connectivity index (χ4v) is 5.63. The summed E-state index contributed by atoms with van der Waals surface area (Å²) in [5.74, 6) is -2.61. The summed E-state index contributed by atoms with van der Waals surface area (Å²) < 4.78 is 52.6. The Hall–Kier alpha value is -4.08. The van der Waals surface area contributed by atoms with Crippen LogP contribution in [0.3, 0.4) is 0 Å². The lowest BCUT2D eigenvalue weighted by atomic mass is 9.67. The second-order valence-electron chi connectivity index (χ2n) is 10.1. The maximum absolute atomic E-state index is 14.6. The van der Waals surface area contributed by atoms with Crippen LogP contribution < -0.4 is 14.8 Å². The molecule has 2 aliphatic rings. The van der Waals surface area contributed by atoms with Crippen molar-refractivity contribution in [2.24, 2.45) is 5.41 Å². The first kappa shape index (κ1) is 26.5. The topological polar surface area (TPSA) is 80.8 Å². The molecule has 5 rings (SSSR count). The van der Waals surface area contributed by atoms with E-state index in [2.05, 4.69) is 10.3 Å². The van der Waals surface area contributed by atoms with Crippen LogP contribution >= 0.6 is 0 Å². The van der Waals surface area contributed by atoms with Crippen molar-refractivity contribution in [3.05, 3.63) is 77.2 Å². The van der Waals surface area contributed by atoms with E-state index in [9.17, 15) is 22.8 Å². The summed E-state index contributed by atoms with van der Waals surface area (Å²) in [5, 5.41) is 3.03.